The van der Waals surface area contributed by atoms with Crippen molar-refractivity contribution in [1.29, 1.82) is 0 Å². The standard InChI is InChI=1S/C17H14O.Ni/c18-17(13-11-15-7-3-1-4-8-15)14-12-16-9-5-2-6-10-16;/h1-14H;. The van der Waals surface area contributed by atoms with E-state index in [1.165, 1.54) is 0 Å². The summed E-state index contributed by atoms with van der Waals surface area (Å²) in [4.78, 5) is 11.6. The van der Waals surface area contributed by atoms with Gasteiger partial charge >= 0.3 is 0 Å². The molecule has 98 valence electrons. The first kappa shape index (κ1) is 15.1. The van der Waals surface area contributed by atoms with E-state index < -0.39 is 0 Å². The molecule has 0 aliphatic carbocycles. The molecule has 0 aromatic heterocycles. The van der Waals surface area contributed by atoms with Crippen molar-refractivity contribution >= 4 is 17.9 Å². The van der Waals surface area contributed by atoms with Crippen LogP contribution in [0.15, 0.2) is 72.8 Å². The Kier molecular flexibility index (Phi) is 6.56. The summed E-state index contributed by atoms with van der Waals surface area (Å²) < 4.78 is 0. The Labute approximate surface area is 123 Å². The van der Waals surface area contributed by atoms with Crippen LogP contribution in [-0.2, 0) is 21.3 Å². The van der Waals surface area contributed by atoms with Gasteiger partial charge in [0.25, 0.3) is 0 Å². The zero-order valence-corrected chi connectivity index (χ0v) is 11.3. The molecule has 0 spiro atoms. The van der Waals surface area contributed by atoms with E-state index in [0.717, 1.165) is 11.1 Å². The van der Waals surface area contributed by atoms with Gasteiger partial charge in [0.15, 0.2) is 5.78 Å². The molecule has 0 saturated carbocycles. The second-order valence-electron chi connectivity index (χ2n) is 3.89. The number of hydrogen-bond acceptors (Lipinski definition) is 1. The Bertz CT molecular complexity index is 505. The van der Waals surface area contributed by atoms with Gasteiger partial charge in [-0.2, -0.15) is 0 Å². The monoisotopic (exact) mass is 292 g/mol. The largest absolute Gasteiger partial charge is 0.290 e. The average molecular weight is 293 g/mol. The van der Waals surface area contributed by atoms with Gasteiger partial charge in [0.1, 0.15) is 0 Å². The van der Waals surface area contributed by atoms with Gasteiger partial charge < -0.3 is 0 Å². The topological polar surface area (TPSA) is 17.1 Å². The van der Waals surface area contributed by atoms with Crippen molar-refractivity contribution in [2.75, 3.05) is 0 Å². The molecule has 2 aromatic rings. The van der Waals surface area contributed by atoms with Crippen LogP contribution in [0.25, 0.3) is 12.2 Å². The van der Waals surface area contributed by atoms with Gasteiger partial charge in [-0.05, 0) is 23.3 Å². The molecule has 0 saturated heterocycles. The van der Waals surface area contributed by atoms with Crippen molar-refractivity contribution in [3.8, 4) is 0 Å². The summed E-state index contributed by atoms with van der Waals surface area (Å²) in [6, 6.07) is 19.6. The summed E-state index contributed by atoms with van der Waals surface area (Å²) >= 11 is 0. The maximum atomic E-state index is 11.6. The molecule has 0 unspecified atom stereocenters. The maximum absolute atomic E-state index is 11.6. The average Bonchev–Trinajstić information content (AvgIpc) is 2.45. The molecular formula is C17H14NiO. The minimum Gasteiger partial charge on any atom is -0.290 e. The van der Waals surface area contributed by atoms with E-state index in [9.17, 15) is 4.79 Å². The van der Waals surface area contributed by atoms with Gasteiger partial charge in [-0.15, -0.1) is 0 Å². The van der Waals surface area contributed by atoms with E-state index in [1.807, 2.05) is 72.8 Å². The molecule has 0 bridgehead atoms. The smallest absolute Gasteiger partial charge is 0.178 e. The SMILES string of the molecule is O=C(C=Cc1ccccc1)C=Cc1ccccc1.[Ni]. The Balaban J connectivity index is 0.00000180. The summed E-state index contributed by atoms with van der Waals surface area (Å²) in [6.07, 6.45) is 6.79. The second kappa shape index (κ2) is 8.23. The van der Waals surface area contributed by atoms with Gasteiger partial charge in [-0.1, -0.05) is 72.8 Å². The molecule has 0 atom stereocenters. The van der Waals surface area contributed by atoms with E-state index >= 15 is 0 Å². The fourth-order valence-corrected chi connectivity index (χ4v) is 1.54. The third kappa shape index (κ3) is 5.50. The van der Waals surface area contributed by atoms with Crippen molar-refractivity contribution in [2.24, 2.45) is 0 Å². The quantitative estimate of drug-likeness (QED) is 0.615. The van der Waals surface area contributed by atoms with Crippen molar-refractivity contribution in [1.82, 2.24) is 0 Å². The van der Waals surface area contributed by atoms with Crippen LogP contribution in [0, 0.1) is 0 Å². The molecule has 0 aliphatic rings. The van der Waals surface area contributed by atoms with Gasteiger partial charge in [0.05, 0.1) is 0 Å². The van der Waals surface area contributed by atoms with Crippen LogP contribution in [0.2, 0.25) is 0 Å². The second-order valence-corrected chi connectivity index (χ2v) is 3.89. The molecule has 2 rings (SSSR count). The summed E-state index contributed by atoms with van der Waals surface area (Å²) in [6.45, 7) is 0. The number of hydrogen-bond donors (Lipinski definition) is 0. The normalized spacial score (nSPS) is 10.5. The van der Waals surface area contributed by atoms with Gasteiger partial charge in [-0.25, -0.2) is 0 Å². The van der Waals surface area contributed by atoms with Crippen LogP contribution >= 0.6 is 0 Å². The molecule has 2 heteroatoms. The van der Waals surface area contributed by atoms with Crippen molar-refractivity contribution in [3.05, 3.63) is 83.9 Å². The minimum absolute atomic E-state index is 0. The first-order chi connectivity index (χ1) is 8.84. The predicted molar refractivity (Wildman–Crippen MR) is 76.0 cm³/mol. The number of carbonyl (C=O) groups is 1. The van der Waals surface area contributed by atoms with Crippen molar-refractivity contribution in [2.45, 2.75) is 0 Å². The third-order valence-corrected chi connectivity index (χ3v) is 2.48. The van der Waals surface area contributed by atoms with Crippen LogP contribution in [0.5, 0.6) is 0 Å². The zero-order chi connectivity index (χ0) is 12.6. The molecule has 0 amide bonds. The fourth-order valence-electron chi connectivity index (χ4n) is 1.54. The van der Waals surface area contributed by atoms with E-state index in [2.05, 4.69) is 0 Å². The van der Waals surface area contributed by atoms with Crippen LogP contribution in [0.1, 0.15) is 11.1 Å². The van der Waals surface area contributed by atoms with Gasteiger partial charge in [0.2, 0.25) is 0 Å². The van der Waals surface area contributed by atoms with Crippen LogP contribution in [0.4, 0.5) is 0 Å². The Morgan fingerprint density at radius 3 is 1.42 bits per heavy atom. The third-order valence-electron chi connectivity index (χ3n) is 2.48. The number of allylic oxidation sites excluding steroid dienone is 2. The number of rotatable bonds is 4. The summed E-state index contributed by atoms with van der Waals surface area (Å²) in [5.74, 6) is -0.0114. The van der Waals surface area contributed by atoms with E-state index in [-0.39, 0.29) is 22.3 Å². The first-order valence-electron chi connectivity index (χ1n) is 5.85. The summed E-state index contributed by atoms with van der Waals surface area (Å²) in [5, 5.41) is 0. The predicted octanol–water partition coefficient (Wildman–Crippen LogP) is 3.98. The zero-order valence-electron chi connectivity index (χ0n) is 10.3. The van der Waals surface area contributed by atoms with E-state index in [0.29, 0.717) is 0 Å². The molecular weight excluding hydrogens is 279 g/mol. The van der Waals surface area contributed by atoms with Gasteiger partial charge in [-0.3, -0.25) is 4.79 Å². The Hall–Kier alpha value is -1.92. The van der Waals surface area contributed by atoms with Crippen LogP contribution in [-0.4, -0.2) is 5.78 Å². The first-order valence-corrected chi connectivity index (χ1v) is 5.85. The Morgan fingerprint density at radius 1 is 0.684 bits per heavy atom. The molecule has 19 heavy (non-hydrogen) atoms. The minimum atomic E-state index is -0.0114. The number of carbonyl (C=O) groups excluding carboxylic acids is 1. The number of benzene rings is 2. The molecule has 1 nitrogen and oxygen atoms in total. The maximum Gasteiger partial charge on any atom is 0.178 e. The van der Waals surface area contributed by atoms with Crippen LogP contribution < -0.4 is 0 Å². The fraction of sp³-hybridized carbons (Fsp3) is 0. The molecule has 0 N–H and O–H groups in total. The van der Waals surface area contributed by atoms with Crippen LogP contribution in [0.3, 0.4) is 0 Å². The van der Waals surface area contributed by atoms with E-state index in [1.54, 1.807) is 12.2 Å². The number of ketones is 1. The van der Waals surface area contributed by atoms with E-state index in [4.69, 9.17) is 0 Å². The Morgan fingerprint density at radius 2 is 1.05 bits per heavy atom. The molecule has 0 heterocycles. The summed E-state index contributed by atoms with van der Waals surface area (Å²) in [7, 11) is 0. The van der Waals surface area contributed by atoms with Crippen molar-refractivity contribution in [3.63, 3.8) is 0 Å². The van der Waals surface area contributed by atoms with Gasteiger partial charge in [0, 0.05) is 16.5 Å². The molecule has 0 radical (unpaired) electrons. The summed E-state index contributed by atoms with van der Waals surface area (Å²) in [5.41, 5.74) is 2.05. The molecule has 0 fully saturated rings. The molecule has 0 aliphatic heterocycles. The van der Waals surface area contributed by atoms with Crippen molar-refractivity contribution < 1.29 is 21.3 Å². The molecule has 2 aromatic carbocycles.